The van der Waals surface area contributed by atoms with Gasteiger partial charge in [0.15, 0.2) is 9.84 Å². The molecule has 0 saturated heterocycles. The van der Waals surface area contributed by atoms with Gasteiger partial charge in [-0.25, -0.2) is 8.42 Å². The SMILES string of the molecule is C/C(=C\C(=O)Nc1ccc(CS(C)(=O)=O)cc1)C12CC3CC(CC(C3)C1)C2. The first-order chi connectivity index (χ1) is 12.7. The summed E-state index contributed by atoms with van der Waals surface area (Å²) < 4.78 is 22.7. The molecule has 0 heterocycles. The molecule has 146 valence electrons. The number of carbonyl (C=O) groups excluding carboxylic acids is 1. The molecule has 4 aliphatic rings. The van der Waals surface area contributed by atoms with E-state index in [1.165, 1.54) is 50.4 Å². The van der Waals surface area contributed by atoms with Crippen LogP contribution < -0.4 is 5.32 Å². The van der Waals surface area contributed by atoms with Gasteiger partial charge in [0.2, 0.25) is 5.91 Å². The van der Waals surface area contributed by atoms with Crippen LogP contribution in [0.1, 0.15) is 51.0 Å². The fraction of sp³-hybridized carbons (Fsp3) is 0.591. The van der Waals surface area contributed by atoms with Crippen molar-refractivity contribution in [2.24, 2.45) is 23.2 Å². The highest BCUT2D eigenvalue weighted by Gasteiger charge is 2.51. The maximum Gasteiger partial charge on any atom is 0.248 e. The van der Waals surface area contributed by atoms with E-state index in [-0.39, 0.29) is 17.1 Å². The van der Waals surface area contributed by atoms with Gasteiger partial charge in [0.25, 0.3) is 0 Å². The largest absolute Gasteiger partial charge is 0.323 e. The maximum absolute atomic E-state index is 12.5. The molecule has 5 heteroatoms. The van der Waals surface area contributed by atoms with E-state index in [1.807, 2.05) is 0 Å². The third-order valence-corrected chi connectivity index (χ3v) is 7.73. The molecule has 4 bridgehead atoms. The minimum absolute atomic E-state index is 0.0201. The second-order valence-corrected chi connectivity index (χ2v) is 11.4. The van der Waals surface area contributed by atoms with Crippen molar-refractivity contribution in [1.82, 2.24) is 0 Å². The van der Waals surface area contributed by atoms with Crippen molar-refractivity contribution in [3.63, 3.8) is 0 Å². The summed E-state index contributed by atoms with van der Waals surface area (Å²) in [5, 5.41) is 2.93. The second kappa shape index (κ2) is 6.77. The lowest BCUT2D eigenvalue weighted by molar-refractivity contribution is -0.112. The number of hydrogen-bond donors (Lipinski definition) is 1. The van der Waals surface area contributed by atoms with Gasteiger partial charge in [0.1, 0.15) is 0 Å². The molecular formula is C22H29NO3S. The number of sulfone groups is 1. The summed E-state index contributed by atoms with van der Waals surface area (Å²) in [6.45, 7) is 2.14. The molecule has 0 aliphatic heterocycles. The Morgan fingerprint density at radius 2 is 1.59 bits per heavy atom. The Kier molecular flexibility index (Phi) is 4.69. The quantitative estimate of drug-likeness (QED) is 0.765. The first-order valence-corrected chi connectivity index (χ1v) is 12.0. The van der Waals surface area contributed by atoms with Crippen molar-refractivity contribution in [1.29, 1.82) is 0 Å². The van der Waals surface area contributed by atoms with Crippen molar-refractivity contribution in [2.45, 2.75) is 51.2 Å². The summed E-state index contributed by atoms with van der Waals surface area (Å²) >= 11 is 0. The predicted molar refractivity (Wildman–Crippen MR) is 108 cm³/mol. The molecule has 1 aromatic carbocycles. The van der Waals surface area contributed by atoms with Gasteiger partial charge in [-0.1, -0.05) is 17.7 Å². The smallest absolute Gasteiger partial charge is 0.248 e. The van der Waals surface area contributed by atoms with E-state index in [4.69, 9.17) is 0 Å². The Morgan fingerprint density at radius 3 is 2.07 bits per heavy atom. The molecule has 27 heavy (non-hydrogen) atoms. The van der Waals surface area contributed by atoms with E-state index >= 15 is 0 Å². The number of benzene rings is 1. The van der Waals surface area contributed by atoms with Gasteiger partial charge in [-0.3, -0.25) is 4.79 Å². The molecule has 0 radical (unpaired) electrons. The number of hydrogen-bond acceptors (Lipinski definition) is 3. The van der Waals surface area contributed by atoms with Gasteiger partial charge in [0.05, 0.1) is 5.75 Å². The molecule has 4 aliphatic carbocycles. The highest BCUT2D eigenvalue weighted by Crippen LogP contribution is 2.62. The molecule has 1 aromatic rings. The zero-order valence-electron chi connectivity index (χ0n) is 16.2. The monoisotopic (exact) mass is 387 g/mol. The number of nitrogens with one attached hydrogen (secondary N) is 1. The Balaban J connectivity index is 1.43. The molecule has 0 atom stereocenters. The maximum atomic E-state index is 12.5. The number of amides is 1. The molecule has 1 N–H and O–H groups in total. The van der Waals surface area contributed by atoms with Crippen molar-refractivity contribution in [2.75, 3.05) is 11.6 Å². The molecule has 0 unspecified atom stereocenters. The molecular weight excluding hydrogens is 358 g/mol. The van der Waals surface area contributed by atoms with Gasteiger partial charge >= 0.3 is 0 Å². The van der Waals surface area contributed by atoms with Crippen LogP contribution in [0, 0.1) is 23.2 Å². The van der Waals surface area contributed by atoms with Gasteiger partial charge < -0.3 is 5.32 Å². The number of allylic oxidation sites excluding steroid dienone is 1. The van der Waals surface area contributed by atoms with Gasteiger partial charge in [-0.15, -0.1) is 0 Å². The zero-order valence-corrected chi connectivity index (χ0v) is 17.0. The Labute approximate surface area is 162 Å². The zero-order chi connectivity index (χ0) is 19.2. The lowest BCUT2D eigenvalue weighted by Gasteiger charge is -2.57. The van der Waals surface area contributed by atoms with Gasteiger partial charge in [-0.05, 0) is 86.3 Å². The Hall–Kier alpha value is -1.62. The van der Waals surface area contributed by atoms with E-state index in [1.54, 1.807) is 30.3 Å². The highest BCUT2D eigenvalue weighted by atomic mass is 32.2. The molecule has 1 amide bonds. The first kappa shape index (κ1) is 18.7. The lowest BCUT2D eigenvalue weighted by Crippen LogP contribution is -2.46. The van der Waals surface area contributed by atoms with Crippen molar-refractivity contribution >= 4 is 21.4 Å². The van der Waals surface area contributed by atoms with Crippen LogP contribution in [0.3, 0.4) is 0 Å². The van der Waals surface area contributed by atoms with Crippen molar-refractivity contribution in [3.05, 3.63) is 41.5 Å². The normalized spacial score (nSPS) is 32.5. The fourth-order valence-corrected chi connectivity index (χ4v) is 6.91. The molecule has 4 fully saturated rings. The van der Waals surface area contributed by atoms with Crippen LogP contribution in [0.25, 0.3) is 0 Å². The summed E-state index contributed by atoms with van der Waals surface area (Å²) in [4.78, 5) is 12.5. The number of rotatable bonds is 5. The summed E-state index contributed by atoms with van der Waals surface area (Å²) in [7, 11) is -3.05. The van der Waals surface area contributed by atoms with Crippen LogP contribution in [0.15, 0.2) is 35.9 Å². The molecule has 0 spiro atoms. The van der Waals surface area contributed by atoms with Crippen LogP contribution in [-0.4, -0.2) is 20.6 Å². The summed E-state index contributed by atoms with van der Waals surface area (Å²) in [6.07, 6.45) is 11.0. The molecule has 5 rings (SSSR count). The van der Waals surface area contributed by atoms with E-state index in [2.05, 4.69) is 12.2 Å². The van der Waals surface area contributed by atoms with Gasteiger partial charge in [-0.2, -0.15) is 0 Å². The van der Waals surface area contributed by atoms with Crippen LogP contribution in [0.5, 0.6) is 0 Å². The second-order valence-electron chi connectivity index (χ2n) is 9.28. The fourth-order valence-electron chi connectivity index (χ4n) is 6.11. The average molecular weight is 388 g/mol. The van der Waals surface area contributed by atoms with Crippen molar-refractivity contribution < 1.29 is 13.2 Å². The standard InChI is InChI=1S/C22H29NO3S/c1-15(22-11-17-8-18(12-22)10-19(9-17)13-22)7-21(24)23-20-5-3-16(4-6-20)14-27(2,25)26/h3-7,17-19H,8-14H2,1-2H3,(H,23,24)/b15-7+. The van der Waals surface area contributed by atoms with E-state index in [0.29, 0.717) is 5.69 Å². The minimum Gasteiger partial charge on any atom is -0.323 e. The van der Waals surface area contributed by atoms with E-state index < -0.39 is 9.84 Å². The van der Waals surface area contributed by atoms with Crippen LogP contribution >= 0.6 is 0 Å². The van der Waals surface area contributed by atoms with E-state index in [0.717, 1.165) is 23.3 Å². The predicted octanol–water partition coefficient (Wildman–Crippen LogP) is 4.33. The average Bonchev–Trinajstić information content (AvgIpc) is 2.54. The van der Waals surface area contributed by atoms with E-state index in [9.17, 15) is 13.2 Å². The molecule has 0 aromatic heterocycles. The van der Waals surface area contributed by atoms with Crippen LogP contribution in [-0.2, 0) is 20.4 Å². The first-order valence-electron chi connectivity index (χ1n) is 9.97. The summed E-state index contributed by atoms with van der Waals surface area (Å²) in [6, 6.07) is 7.05. The number of carbonyl (C=O) groups is 1. The highest BCUT2D eigenvalue weighted by molar-refractivity contribution is 7.89. The van der Waals surface area contributed by atoms with Crippen LogP contribution in [0.2, 0.25) is 0 Å². The van der Waals surface area contributed by atoms with Crippen LogP contribution in [0.4, 0.5) is 5.69 Å². The molecule has 4 nitrogen and oxygen atoms in total. The third-order valence-electron chi connectivity index (χ3n) is 6.87. The Bertz CT molecular complexity index is 832. The lowest BCUT2D eigenvalue weighted by atomic mass is 9.48. The minimum atomic E-state index is -3.05. The Morgan fingerprint density at radius 1 is 1.07 bits per heavy atom. The van der Waals surface area contributed by atoms with Crippen molar-refractivity contribution in [3.8, 4) is 0 Å². The topological polar surface area (TPSA) is 63.2 Å². The summed E-state index contributed by atoms with van der Waals surface area (Å²) in [5.41, 5.74) is 2.93. The van der Waals surface area contributed by atoms with Gasteiger partial charge in [0, 0.05) is 18.0 Å². The summed E-state index contributed by atoms with van der Waals surface area (Å²) in [5.74, 6) is 2.53. The number of anilines is 1. The molecule has 4 saturated carbocycles. The third kappa shape index (κ3) is 4.13.